The molecule has 8 heteroatoms. The van der Waals surface area contributed by atoms with Crippen molar-refractivity contribution in [1.29, 1.82) is 0 Å². The molecule has 3 aromatic rings. The van der Waals surface area contributed by atoms with E-state index in [2.05, 4.69) is 10.9 Å². The van der Waals surface area contributed by atoms with Crippen LogP contribution in [0.3, 0.4) is 0 Å². The van der Waals surface area contributed by atoms with Gasteiger partial charge in [-0.05, 0) is 38.0 Å². The minimum atomic E-state index is -0.522. The van der Waals surface area contributed by atoms with E-state index in [0.717, 1.165) is 5.39 Å². The van der Waals surface area contributed by atoms with Crippen molar-refractivity contribution in [2.75, 3.05) is 13.1 Å². The summed E-state index contributed by atoms with van der Waals surface area (Å²) >= 11 is 0. The predicted molar refractivity (Wildman–Crippen MR) is 104 cm³/mol. The lowest BCUT2D eigenvalue weighted by Gasteiger charge is -2.31. The molecule has 8 nitrogen and oxygen atoms in total. The van der Waals surface area contributed by atoms with Gasteiger partial charge in [-0.2, -0.15) is 0 Å². The lowest BCUT2D eigenvalue weighted by molar-refractivity contribution is -0.127. The van der Waals surface area contributed by atoms with Crippen LogP contribution in [0.2, 0.25) is 0 Å². The highest BCUT2D eigenvalue weighted by atomic mass is 16.3. The largest absolute Gasteiger partial charge is 0.459 e. The molecule has 4 rings (SSSR count). The first-order valence-corrected chi connectivity index (χ1v) is 9.45. The summed E-state index contributed by atoms with van der Waals surface area (Å²) in [6.45, 7) is 2.63. The van der Waals surface area contributed by atoms with E-state index in [0.29, 0.717) is 30.5 Å². The third-order valence-electron chi connectivity index (χ3n) is 5.16. The van der Waals surface area contributed by atoms with Gasteiger partial charge in [0.25, 0.3) is 5.91 Å². The number of fused-ring (bicyclic) bond motifs is 1. The van der Waals surface area contributed by atoms with Crippen LogP contribution in [-0.4, -0.2) is 35.7 Å². The Balaban J connectivity index is 1.37. The highest BCUT2D eigenvalue weighted by Crippen LogP contribution is 2.24. The van der Waals surface area contributed by atoms with Crippen LogP contribution in [0.15, 0.2) is 51.5 Å². The topological polar surface area (TPSA) is 105 Å². The van der Waals surface area contributed by atoms with Gasteiger partial charge in [0.15, 0.2) is 11.5 Å². The van der Waals surface area contributed by atoms with E-state index >= 15 is 0 Å². The van der Waals surface area contributed by atoms with Gasteiger partial charge in [-0.15, -0.1) is 0 Å². The summed E-state index contributed by atoms with van der Waals surface area (Å²) in [5.74, 6) is -1.12. The summed E-state index contributed by atoms with van der Waals surface area (Å²) in [5.41, 5.74) is 6.19. The lowest BCUT2D eigenvalue weighted by atomic mass is 9.97. The van der Waals surface area contributed by atoms with Gasteiger partial charge in [-0.3, -0.25) is 25.2 Å². The third-order valence-corrected chi connectivity index (χ3v) is 5.16. The van der Waals surface area contributed by atoms with Gasteiger partial charge in [-0.1, -0.05) is 18.2 Å². The van der Waals surface area contributed by atoms with Crippen molar-refractivity contribution in [3.05, 3.63) is 59.7 Å². The smallest absolute Gasteiger partial charge is 0.305 e. The number of benzene rings is 1. The summed E-state index contributed by atoms with van der Waals surface area (Å²) in [7, 11) is 0. The highest BCUT2D eigenvalue weighted by molar-refractivity contribution is 5.99. The number of para-hydroxylation sites is 1. The van der Waals surface area contributed by atoms with Crippen molar-refractivity contribution in [3.8, 4) is 0 Å². The zero-order valence-electron chi connectivity index (χ0n) is 15.9. The molecule has 1 aliphatic rings. The van der Waals surface area contributed by atoms with Crippen LogP contribution in [0, 0.1) is 12.8 Å². The zero-order chi connectivity index (χ0) is 20.4. The molecule has 2 aromatic heterocycles. The zero-order valence-corrected chi connectivity index (χ0v) is 15.9. The quantitative estimate of drug-likeness (QED) is 0.664. The van der Waals surface area contributed by atoms with Gasteiger partial charge in [0.2, 0.25) is 5.91 Å². The average Bonchev–Trinajstić information content (AvgIpc) is 3.40. The van der Waals surface area contributed by atoms with Crippen LogP contribution in [0.4, 0.5) is 0 Å². The number of nitrogens with zero attached hydrogens (tertiary/aromatic N) is 1. The van der Waals surface area contributed by atoms with Crippen molar-refractivity contribution in [2.24, 2.45) is 5.92 Å². The Bertz CT molecular complexity index is 1050. The number of hydrogen-bond donors (Lipinski definition) is 2. The van der Waals surface area contributed by atoms with Crippen molar-refractivity contribution in [2.45, 2.75) is 19.8 Å². The number of furan rings is 2. The molecule has 0 saturated carbocycles. The number of carbonyl (C=O) groups is 3. The fourth-order valence-electron chi connectivity index (χ4n) is 3.60. The minimum absolute atomic E-state index is 0.157. The van der Waals surface area contributed by atoms with Crippen LogP contribution in [0.1, 0.15) is 39.5 Å². The summed E-state index contributed by atoms with van der Waals surface area (Å²) in [6.07, 6.45) is 2.77. The van der Waals surface area contributed by atoms with Gasteiger partial charge in [-0.25, -0.2) is 0 Å². The molecule has 1 saturated heterocycles. The summed E-state index contributed by atoms with van der Waals surface area (Å²) in [5, 5.41) is 0.850. The number of hydrogen-bond acceptors (Lipinski definition) is 5. The Morgan fingerprint density at radius 2 is 1.93 bits per heavy atom. The number of aryl methyl sites for hydroxylation is 1. The second kappa shape index (κ2) is 7.83. The molecule has 1 atom stereocenters. The number of amides is 3. The molecule has 0 radical (unpaired) electrons. The number of nitrogens with one attached hydrogen (secondary N) is 2. The fraction of sp³-hybridized carbons (Fsp3) is 0.286. The van der Waals surface area contributed by atoms with Gasteiger partial charge >= 0.3 is 5.91 Å². The summed E-state index contributed by atoms with van der Waals surface area (Å²) in [6, 6.07) is 10.6. The second-order valence-corrected chi connectivity index (χ2v) is 7.06. The van der Waals surface area contributed by atoms with Gasteiger partial charge < -0.3 is 13.7 Å². The Morgan fingerprint density at radius 1 is 1.10 bits per heavy atom. The maximum Gasteiger partial charge on any atom is 0.305 e. The first kappa shape index (κ1) is 18.8. The van der Waals surface area contributed by atoms with E-state index in [-0.39, 0.29) is 29.9 Å². The van der Waals surface area contributed by atoms with E-state index in [1.807, 2.05) is 18.2 Å². The van der Waals surface area contributed by atoms with Crippen molar-refractivity contribution in [3.63, 3.8) is 0 Å². The van der Waals surface area contributed by atoms with Crippen LogP contribution in [-0.2, 0) is 4.79 Å². The molecule has 3 amide bonds. The van der Waals surface area contributed by atoms with Crippen molar-refractivity contribution in [1.82, 2.24) is 15.8 Å². The molecular formula is C21H21N3O5. The summed E-state index contributed by atoms with van der Waals surface area (Å²) < 4.78 is 10.8. The monoisotopic (exact) mass is 395 g/mol. The van der Waals surface area contributed by atoms with E-state index in [9.17, 15) is 14.4 Å². The van der Waals surface area contributed by atoms with Crippen molar-refractivity contribution >= 4 is 28.7 Å². The Hall–Kier alpha value is -3.55. The molecule has 1 fully saturated rings. The molecule has 1 unspecified atom stereocenters. The molecule has 3 heterocycles. The van der Waals surface area contributed by atoms with Gasteiger partial charge in [0.1, 0.15) is 5.58 Å². The molecule has 0 aliphatic carbocycles. The molecular weight excluding hydrogens is 374 g/mol. The number of rotatable bonds is 3. The van der Waals surface area contributed by atoms with Crippen LogP contribution < -0.4 is 10.9 Å². The van der Waals surface area contributed by atoms with Gasteiger partial charge in [0.05, 0.1) is 12.2 Å². The van der Waals surface area contributed by atoms with Crippen molar-refractivity contribution < 1.29 is 23.2 Å². The number of likely N-dealkylation sites (tertiary alicyclic amines) is 1. The highest BCUT2D eigenvalue weighted by Gasteiger charge is 2.30. The normalized spacial score (nSPS) is 16.6. The number of hydrazine groups is 1. The molecule has 1 aromatic carbocycles. The molecule has 1 aliphatic heterocycles. The molecule has 29 heavy (non-hydrogen) atoms. The maximum absolute atomic E-state index is 12.5. The molecule has 150 valence electrons. The SMILES string of the molecule is Cc1c(C(=O)NNC(=O)C2CCCN(C(=O)c3ccco3)C2)oc2ccccc12. The molecule has 2 N–H and O–H groups in total. The Kier molecular flexibility index (Phi) is 5.07. The van der Waals surface area contributed by atoms with E-state index < -0.39 is 11.8 Å². The Morgan fingerprint density at radius 3 is 2.69 bits per heavy atom. The Labute approximate surface area is 166 Å². The average molecular weight is 395 g/mol. The first-order valence-electron chi connectivity index (χ1n) is 9.45. The van der Waals surface area contributed by atoms with Crippen LogP contribution >= 0.6 is 0 Å². The van der Waals surface area contributed by atoms with Gasteiger partial charge in [0, 0.05) is 24.0 Å². The first-order chi connectivity index (χ1) is 14.0. The number of carbonyl (C=O) groups excluding carboxylic acids is 3. The minimum Gasteiger partial charge on any atom is -0.459 e. The third kappa shape index (κ3) is 3.73. The van der Waals surface area contributed by atoms with E-state index in [4.69, 9.17) is 8.83 Å². The standard InChI is InChI=1S/C21H21N3O5/c1-13-15-7-2-3-8-16(15)29-18(13)20(26)23-22-19(25)14-6-4-10-24(12-14)21(27)17-9-5-11-28-17/h2-3,5,7-9,11,14H,4,6,10,12H2,1H3,(H,22,25)(H,23,26). The van der Waals surface area contributed by atoms with Crippen LogP contribution in [0.25, 0.3) is 11.0 Å². The van der Waals surface area contributed by atoms with Crippen LogP contribution in [0.5, 0.6) is 0 Å². The lowest BCUT2D eigenvalue weighted by Crippen LogP contribution is -2.50. The fourth-order valence-corrected chi connectivity index (χ4v) is 3.60. The summed E-state index contributed by atoms with van der Waals surface area (Å²) in [4.78, 5) is 39.0. The van der Waals surface area contributed by atoms with E-state index in [1.165, 1.54) is 6.26 Å². The second-order valence-electron chi connectivity index (χ2n) is 7.06. The predicted octanol–water partition coefficient (Wildman–Crippen LogP) is 2.65. The van der Waals surface area contributed by atoms with E-state index in [1.54, 1.807) is 30.0 Å². The molecule has 0 bridgehead atoms. The maximum atomic E-state index is 12.5. The number of piperidine rings is 1. The molecule has 0 spiro atoms.